The van der Waals surface area contributed by atoms with Gasteiger partial charge < -0.3 is 15.2 Å². The van der Waals surface area contributed by atoms with Crippen molar-refractivity contribution in [1.82, 2.24) is 4.90 Å². The Kier molecular flexibility index (Phi) is 7.09. The molecule has 1 rings (SSSR count). The van der Waals surface area contributed by atoms with Gasteiger partial charge >= 0.3 is 0 Å². The van der Waals surface area contributed by atoms with Gasteiger partial charge in [-0.1, -0.05) is 6.92 Å². The van der Waals surface area contributed by atoms with Crippen LogP contribution in [0.1, 0.15) is 40.5 Å². The lowest BCUT2D eigenvalue weighted by atomic mass is 9.93. The molecule has 0 spiro atoms. The molecule has 20 heavy (non-hydrogen) atoms. The summed E-state index contributed by atoms with van der Waals surface area (Å²) in [5.41, 5.74) is 6.25. The first-order valence-corrected chi connectivity index (χ1v) is 7.63. The molecule has 0 bridgehead atoms. The van der Waals surface area contributed by atoms with Gasteiger partial charge in [-0.25, -0.2) is 0 Å². The highest BCUT2D eigenvalue weighted by atomic mass is 16.7. The lowest BCUT2D eigenvalue weighted by molar-refractivity contribution is -0.137. The highest BCUT2D eigenvalue weighted by molar-refractivity contribution is 5.81. The van der Waals surface area contributed by atoms with E-state index in [1.54, 1.807) is 6.92 Å². The van der Waals surface area contributed by atoms with E-state index in [9.17, 15) is 4.79 Å². The first kappa shape index (κ1) is 17.6. The van der Waals surface area contributed by atoms with E-state index in [4.69, 9.17) is 15.2 Å². The maximum Gasteiger partial charge on any atom is 0.154 e. The molecule has 1 aliphatic heterocycles. The summed E-state index contributed by atoms with van der Waals surface area (Å²) in [4.78, 5) is 13.9. The van der Waals surface area contributed by atoms with Gasteiger partial charge in [0, 0.05) is 24.6 Å². The van der Waals surface area contributed by atoms with Crippen molar-refractivity contribution in [3.05, 3.63) is 0 Å². The molecule has 118 valence electrons. The number of Topliss-reactive ketones (excluding diaryl/α,β-unsaturated/α-hetero) is 1. The van der Waals surface area contributed by atoms with E-state index < -0.39 is 0 Å². The zero-order chi connectivity index (χ0) is 15.3. The summed E-state index contributed by atoms with van der Waals surface area (Å²) in [5.74, 6) is 0.493. The molecule has 5 heteroatoms. The number of likely N-dealkylation sites (N-methyl/N-ethyl adjacent to an activating group) is 1. The lowest BCUT2D eigenvalue weighted by Crippen LogP contribution is -2.48. The molecule has 1 aliphatic rings. The fraction of sp³-hybridized carbons (Fsp3) is 0.933. The van der Waals surface area contributed by atoms with E-state index >= 15 is 0 Å². The summed E-state index contributed by atoms with van der Waals surface area (Å²) in [5, 5.41) is 0. The zero-order valence-electron chi connectivity index (χ0n) is 13.5. The van der Waals surface area contributed by atoms with Crippen molar-refractivity contribution in [2.75, 3.05) is 20.3 Å². The number of hydrogen-bond donors (Lipinski definition) is 1. The third-order valence-corrected chi connectivity index (χ3v) is 4.30. The maximum absolute atomic E-state index is 11.8. The molecule has 5 atom stereocenters. The number of hydrogen-bond acceptors (Lipinski definition) is 5. The maximum atomic E-state index is 11.8. The highest BCUT2D eigenvalue weighted by Crippen LogP contribution is 2.32. The SMILES string of the molecule is CCOC(C)OC[C@@H]1C[C@H](C(C)=O)N(C)[C@H]1[C@@H](N)CC. The number of carbonyl (C=O) groups excluding carboxylic acids is 1. The number of ether oxygens (including phenoxy) is 2. The fourth-order valence-corrected chi connectivity index (χ4v) is 3.19. The summed E-state index contributed by atoms with van der Waals surface area (Å²) >= 11 is 0. The summed E-state index contributed by atoms with van der Waals surface area (Å²) in [6.07, 6.45) is 1.51. The molecule has 1 saturated heterocycles. The second-order valence-electron chi connectivity index (χ2n) is 5.71. The Morgan fingerprint density at radius 3 is 2.55 bits per heavy atom. The molecular formula is C15H30N2O3. The van der Waals surface area contributed by atoms with Gasteiger partial charge in [0.1, 0.15) is 5.78 Å². The largest absolute Gasteiger partial charge is 0.353 e. The molecule has 0 aromatic rings. The second kappa shape index (κ2) is 8.08. The number of rotatable bonds is 8. The van der Waals surface area contributed by atoms with Gasteiger partial charge in [0.25, 0.3) is 0 Å². The van der Waals surface area contributed by atoms with E-state index in [-0.39, 0.29) is 36.1 Å². The van der Waals surface area contributed by atoms with Gasteiger partial charge in [0.05, 0.1) is 12.6 Å². The Balaban J connectivity index is 2.68. The molecule has 1 fully saturated rings. The standard InChI is InChI=1S/C15H30N2O3/c1-6-13(16)15-12(9-20-11(4)19-7-2)8-14(10(3)18)17(15)5/h11-15H,6-9,16H2,1-5H3/t11?,12-,13-,14+,15+/m0/s1. The van der Waals surface area contributed by atoms with Crippen molar-refractivity contribution >= 4 is 5.78 Å². The first-order valence-electron chi connectivity index (χ1n) is 7.63. The molecular weight excluding hydrogens is 256 g/mol. The monoisotopic (exact) mass is 286 g/mol. The van der Waals surface area contributed by atoms with E-state index in [1.807, 2.05) is 20.9 Å². The number of nitrogens with zero attached hydrogens (tertiary/aromatic N) is 1. The van der Waals surface area contributed by atoms with Crippen molar-refractivity contribution in [2.45, 2.75) is 65.0 Å². The highest BCUT2D eigenvalue weighted by Gasteiger charge is 2.43. The molecule has 1 unspecified atom stereocenters. The normalized spacial score (nSPS) is 30.4. The fourth-order valence-electron chi connectivity index (χ4n) is 3.19. The first-order chi connectivity index (χ1) is 9.42. The van der Waals surface area contributed by atoms with E-state index in [1.165, 1.54) is 0 Å². The number of nitrogens with two attached hydrogens (primary N) is 1. The van der Waals surface area contributed by atoms with Gasteiger partial charge in [-0.05, 0) is 40.7 Å². The van der Waals surface area contributed by atoms with Crippen molar-refractivity contribution < 1.29 is 14.3 Å². The van der Waals surface area contributed by atoms with Crippen LogP contribution in [0.4, 0.5) is 0 Å². The lowest BCUT2D eigenvalue weighted by Gasteiger charge is -2.31. The predicted molar refractivity (Wildman–Crippen MR) is 79.4 cm³/mol. The van der Waals surface area contributed by atoms with Crippen LogP contribution < -0.4 is 5.73 Å². The Bertz CT molecular complexity index is 311. The number of likely N-dealkylation sites (tertiary alicyclic amines) is 1. The van der Waals surface area contributed by atoms with Gasteiger partial charge in [-0.2, -0.15) is 0 Å². The summed E-state index contributed by atoms with van der Waals surface area (Å²) in [7, 11) is 2.00. The third-order valence-electron chi connectivity index (χ3n) is 4.30. The molecule has 0 aromatic heterocycles. The molecule has 2 N–H and O–H groups in total. The molecule has 0 radical (unpaired) electrons. The Morgan fingerprint density at radius 1 is 1.40 bits per heavy atom. The van der Waals surface area contributed by atoms with E-state index in [2.05, 4.69) is 11.8 Å². The quantitative estimate of drug-likeness (QED) is 0.683. The van der Waals surface area contributed by atoms with Crippen LogP contribution >= 0.6 is 0 Å². The molecule has 0 saturated carbocycles. The number of carbonyl (C=O) groups is 1. The smallest absolute Gasteiger partial charge is 0.154 e. The molecule has 0 aliphatic carbocycles. The molecule has 0 aromatic carbocycles. The minimum Gasteiger partial charge on any atom is -0.353 e. The van der Waals surface area contributed by atoms with Crippen LogP contribution in [-0.2, 0) is 14.3 Å². The summed E-state index contributed by atoms with van der Waals surface area (Å²) < 4.78 is 11.1. The van der Waals surface area contributed by atoms with Crippen molar-refractivity contribution in [2.24, 2.45) is 11.7 Å². The minimum atomic E-state index is -0.208. The molecule has 5 nitrogen and oxygen atoms in total. The zero-order valence-corrected chi connectivity index (χ0v) is 13.5. The van der Waals surface area contributed by atoms with Crippen LogP contribution in [0.15, 0.2) is 0 Å². The molecule has 0 amide bonds. The average Bonchev–Trinajstić information content (AvgIpc) is 2.73. The number of ketones is 1. The Labute approximate surface area is 122 Å². The topological polar surface area (TPSA) is 64.8 Å². The van der Waals surface area contributed by atoms with Gasteiger partial charge in [0.2, 0.25) is 0 Å². The van der Waals surface area contributed by atoms with E-state index in [0.29, 0.717) is 13.2 Å². The average molecular weight is 286 g/mol. The molecule has 1 heterocycles. The van der Waals surface area contributed by atoms with Crippen LogP contribution in [-0.4, -0.2) is 55.4 Å². The van der Waals surface area contributed by atoms with Crippen LogP contribution in [0, 0.1) is 5.92 Å². The summed E-state index contributed by atoms with van der Waals surface area (Å²) in [6, 6.07) is 0.233. The van der Waals surface area contributed by atoms with Crippen molar-refractivity contribution in [1.29, 1.82) is 0 Å². The van der Waals surface area contributed by atoms with Crippen LogP contribution in [0.5, 0.6) is 0 Å². The predicted octanol–water partition coefficient (Wildman–Crippen LogP) is 1.40. The third kappa shape index (κ3) is 4.25. The summed E-state index contributed by atoms with van der Waals surface area (Å²) in [6.45, 7) is 8.82. The van der Waals surface area contributed by atoms with Crippen LogP contribution in [0.3, 0.4) is 0 Å². The second-order valence-corrected chi connectivity index (χ2v) is 5.71. The van der Waals surface area contributed by atoms with Gasteiger partial charge in [0.15, 0.2) is 6.29 Å². The minimum absolute atomic E-state index is 0.0337. The Hall–Kier alpha value is -0.490. The van der Waals surface area contributed by atoms with E-state index in [0.717, 1.165) is 12.8 Å². The Morgan fingerprint density at radius 2 is 2.05 bits per heavy atom. The van der Waals surface area contributed by atoms with Gasteiger partial charge in [-0.15, -0.1) is 0 Å². The van der Waals surface area contributed by atoms with Crippen LogP contribution in [0.25, 0.3) is 0 Å². The van der Waals surface area contributed by atoms with Crippen molar-refractivity contribution in [3.63, 3.8) is 0 Å². The van der Waals surface area contributed by atoms with Gasteiger partial charge in [-0.3, -0.25) is 9.69 Å². The van der Waals surface area contributed by atoms with Crippen molar-refractivity contribution in [3.8, 4) is 0 Å². The van der Waals surface area contributed by atoms with Crippen LogP contribution in [0.2, 0.25) is 0 Å².